The average Bonchev–Trinajstić information content (AvgIpc) is 2.35. The summed E-state index contributed by atoms with van der Waals surface area (Å²) < 4.78 is 0. The Kier molecular flexibility index (Phi) is 5.23. The Morgan fingerprint density at radius 3 is 2.58 bits per heavy atom. The molecule has 0 aromatic carbocycles. The maximum atomic E-state index is 11.9. The highest BCUT2D eigenvalue weighted by molar-refractivity contribution is 5.91. The van der Waals surface area contributed by atoms with Crippen LogP contribution in [-0.4, -0.2) is 22.0 Å². The van der Waals surface area contributed by atoms with E-state index < -0.39 is 5.97 Å². The molecule has 0 aliphatic carbocycles. The van der Waals surface area contributed by atoms with Gasteiger partial charge in [-0.1, -0.05) is 26.8 Å². The van der Waals surface area contributed by atoms with Gasteiger partial charge in [0.2, 0.25) is 5.91 Å². The molecule has 0 saturated carbocycles. The first kappa shape index (κ1) is 14.9. The van der Waals surface area contributed by atoms with Gasteiger partial charge in [-0.25, -0.2) is 9.78 Å². The fraction of sp³-hybridized carbons (Fsp3) is 0.357. The van der Waals surface area contributed by atoms with Gasteiger partial charge >= 0.3 is 5.97 Å². The van der Waals surface area contributed by atoms with Crippen molar-refractivity contribution in [2.45, 2.75) is 20.8 Å². The van der Waals surface area contributed by atoms with Crippen molar-refractivity contribution in [1.29, 1.82) is 0 Å². The Labute approximate surface area is 112 Å². The molecule has 5 heteroatoms. The van der Waals surface area contributed by atoms with Crippen molar-refractivity contribution in [1.82, 2.24) is 4.98 Å². The van der Waals surface area contributed by atoms with Crippen LogP contribution < -0.4 is 5.32 Å². The summed E-state index contributed by atoms with van der Waals surface area (Å²) in [6, 6.07) is 5.05. The van der Waals surface area contributed by atoms with E-state index in [1.807, 2.05) is 20.8 Å². The lowest BCUT2D eigenvalue weighted by Gasteiger charge is -2.14. The Hall–Kier alpha value is -2.17. The van der Waals surface area contributed by atoms with E-state index in [1.54, 1.807) is 18.2 Å². The predicted molar refractivity (Wildman–Crippen MR) is 73.5 cm³/mol. The summed E-state index contributed by atoms with van der Waals surface area (Å²) in [5.74, 6) is -0.577. The number of hydrogen-bond donors (Lipinski definition) is 2. The molecule has 1 amide bonds. The molecular formula is C14H18N2O3. The fourth-order valence-electron chi connectivity index (χ4n) is 1.31. The van der Waals surface area contributed by atoms with Gasteiger partial charge in [0.15, 0.2) is 0 Å². The first-order valence-corrected chi connectivity index (χ1v) is 6.09. The van der Waals surface area contributed by atoms with Crippen LogP contribution in [0, 0.1) is 11.8 Å². The number of amides is 1. The minimum Gasteiger partial charge on any atom is -0.478 e. The van der Waals surface area contributed by atoms with Crippen LogP contribution in [0.3, 0.4) is 0 Å². The van der Waals surface area contributed by atoms with Crippen LogP contribution in [-0.2, 0) is 9.59 Å². The molecule has 1 atom stereocenters. The van der Waals surface area contributed by atoms with Crippen molar-refractivity contribution in [2.24, 2.45) is 11.8 Å². The summed E-state index contributed by atoms with van der Waals surface area (Å²) in [5, 5.41) is 11.3. The number of carboxylic acids is 1. The van der Waals surface area contributed by atoms with E-state index in [9.17, 15) is 9.59 Å². The van der Waals surface area contributed by atoms with Gasteiger partial charge in [-0.15, -0.1) is 0 Å². The second-order valence-corrected chi connectivity index (χ2v) is 4.64. The molecule has 0 fully saturated rings. The zero-order valence-electron chi connectivity index (χ0n) is 11.3. The first-order valence-electron chi connectivity index (χ1n) is 6.09. The van der Waals surface area contributed by atoms with Crippen molar-refractivity contribution in [3.05, 3.63) is 30.0 Å². The van der Waals surface area contributed by atoms with E-state index in [4.69, 9.17) is 5.11 Å². The second-order valence-electron chi connectivity index (χ2n) is 4.64. The molecule has 0 aliphatic rings. The number of nitrogens with zero attached hydrogens (tertiary/aromatic N) is 1. The number of aliphatic carboxylic acids is 1. The highest BCUT2D eigenvalue weighted by Gasteiger charge is 2.16. The third-order valence-electron chi connectivity index (χ3n) is 2.83. The third-order valence-corrected chi connectivity index (χ3v) is 2.83. The third kappa shape index (κ3) is 4.91. The van der Waals surface area contributed by atoms with Crippen molar-refractivity contribution < 1.29 is 14.7 Å². The smallest absolute Gasteiger partial charge is 0.328 e. The van der Waals surface area contributed by atoms with Crippen molar-refractivity contribution in [2.75, 3.05) is 5.32 Å². The Bertz CT molecular complexity index is 495. The molecule has 0 radical (unpaired) electrons. The molecular weight excluding hydrogens is 244 g/mol. The SMILES string of the molecule is CC(C)C(C)C(=O)Nc1cccc(C=CC(=O)O)n1. The van der Waals surface area contributed by atoms with E-state index in [2.05, 4.69) is 10.3 Å². The monoisotopic (exact) mass is 262 g/mol. The number of anilines is 1. The molecule has 2 N–H and O–H groups in total. The number of carbonyl (C=O) groups is 2. The largest absolute Gasteiger partial charge is 0.478 e. The number of carbonyl (C=O) groups excluding carboxylic acids is 1. The van der Waals surface area contributed by atoms with Gasteiger partial charge in [-0.2, -0.15) is 0 Å². The van der Waals surface area contributed by atoms with Gasteiger partial charge in [-0.05, 0) is 24.1 Å². The van der Waals surface area contributed by atoms with Gasteiger partial charge in [0.25, 0.3) is 0 Å². The highest BCUT2D eigenvalue weighted by Crippen LogP contribution is 2.13. The lowest BCUT2D eigenvalue weighted by Crippen LogP contribution is -2.24. The molecule has 0 saturated heterocycles. The van der Waals surface area contributed by atoms with E-state index in [-0.39, 0.29) is 17.7 Å². The zero-order valence-corrected chi connectivity index (χ0v) is 11.3. The first-order chi connectivity index (χ1) is 8.90. The van der Waals surface area contributed by atoms with E-state index >= 15 is 0 Å². The molecule has 0 spiro atoms. The molecule has 19 heavy (non-hydrogen) atoms. The quantitative estimate of drug-likeness (QED) is 0.799. The van der Waals surface area contributed by atoms with Crippen molar-refractivity contribution in [3.8, 4) is 0 Å². The van der Waals surface area contributed by atoms with E-state index in [0.29, 0.717) is 11.5 Å². The topological polar surface area (TPSA) is 79.3 Å². The molecule has 0 aliphatic heterocycles. The Balaban J connectivity index is 2.77. The normalized spacial score (nSPS) is 12.6. The van der Waals surface area contributed by atoms with Crippen LogP contribution >= 0.6 is 0 Å². The van der Waals surface area contributed by atoms with Gasteiger partial charge < -0.3 is 10.4 Å². The maximum Gasteiger partial charge on any atom is 0.328 e. The van der Waals surface area contributed by atoms with Gasteiger partial charge in [0.05, 0.1) is 5.69 Å². The number of pyridine rings is 1. The lowest BCUT2D eigenvalue weighted by molar-refractivity contribution is -0.131. The Morgan fingerprint density at radius 1 is 1.32 bits per heavy atom. The standard InChI is InChI=1S/C14H18N2O3/c1-9(2)10(3)14(19)16-12-6-4-5-11(15-12)7-8-13(17)18/h4-10H,1-3H3,(H,17,18)(H,15,16,19). The molecule has 1 heterocycles. The molecule has 1 aromatic rings. The number of rotatable bonds is 5. The minimum atomic E-state index is -1.04. The lowest BCUT2D eigenvalue weighted by atomic mass is 9.97. The second kappa shape index (κ2) is 6.68. The number of carboxylic acid groups (broad SMARTS) is 1. The number of hydrogen-bond acceptors (Lipinski definition) is 3. The molecule has 1 rings (SSSR count). The highest BCUT2D eigenvalue weighted by atomic mass is 16.4. The summed E-state index contributed by atoms with van der Waals surface area (Å²) in [7, 11) is 0. The summed E-state index contributed by atoms with van der Waals surface area (Å²) >= 11 is 0. The van der Waals surface area contributed by atoms with Crippen LogP contribution in [0.2, 0.25) is 0 Å². The predicted octanol–water partition coefficient (Wildman–Crippen LogP) is 2.41. The maximum absolute atomic E-state index is 11.9. The molecule has 5 nitrogen and oxygen atoms in total. The Morgan fingerprint density at radius 2 is 2.00 bits per heavy atom. The molecule has 102 valence electrons. The number of aromatic nitrogens is 1. The van der Waals surface area contributed by atoms with Crippen LogP contribution in [0.5, 0.6) is 0 Å². The van der Waals surface area contributed by atoms with Crippen LogP contribution in [0.25, 0.3) is 6.08 Å². The van der Waals surface area contributed by atoms with Gasteiger partial charge in [0.1, 0.15) is 5.82 Å². The van der Waals surface area contributed by atoms with Crippen LogP contribution in [0.15, 0.2) is 24.3 Å². The minimum absolute atomic E-state index is 0.0955. The van der Waals surface area contributed by atoms with Gasteiger partial charge in [0, 0.05) is 12.0 Å². The van der Waals surface area contributed by atoms with E-state index in [1.165, 1.54) is 6.08 Å². The van der Waals surface area contributed by atoms with Crippen molar-refractivity contribution >= 4 is 23.8 Å². The zero-order chi connectivity index (χ0) is 14.4. The van der Waals surface area contributed by atoms with Crippen LogP contribution in [0.4, 0.5) is 5.82 Å². The summed E-state index contributed by atoms with van der Waals surface area (Å²) in [4.78, 5) is 26.4. The molecule has 1 unspecified atom stereocenters. The van der Waals surface area contributed by atoms with Crippen molar-refractivity contribution in [3.63, 3.8) is 0 Å². The van der Waals surface area contributed by atoms with Crippen LogP contribution in [0.1, 0.15) is 26.5 Å². The summed E-state index contributed by atoms with van der Waals surface area (Å²) in [6.07, 6.45) is 2.38. The molecule has 1 aromatic heterocycles. The molecule has 0 bridgehead atoms. The number of nitrogens with one attached hydrogen (secondary N) is 1. The van der Waals surface area contributed by atoms with E-state index in [0.717, 1.165) is 6.08 Å². The summed E-state index contributed by atoms with van der Waals surface area (Å²) in [6.45, 7) is 5.81. The summed E-state index contributed by atoms with van der Waals surface area (Å²) in [5.41, 5.74) is 0.484. The van der Waals surface area contributed by atoms with Gasteiger partial charge in [-0.3, -0.25) is 4.79 Å². The average molecular weight is 262 g/mol. The fourth-order valence-corrected chi connectivity index (χ4v) is 1.31.